The first-order valence-electron chi connectivity index (χ1n) is 8.30. The number of nitrogens with one attached hydrogen (secondary N) is 3. The van der Waals surface area contributed by atoms with Crippen molar-refractivity contribution in [2.75, 3.05) is 5.32 Å². The molecular weight excluding hydrogens is 346 g/mol. The third-order valence-corrected chi connectivity index (χ3v) is 3.89. The van der Waals surface area contributed by atoms with E-state index in [0.717, 1.165) is 0 Å². The first kappa shape index (κ1) is 16.6. The van der Waals surface area contributed by atoms with E-state index < -0.39 is 0 Å². The molecule has 0 aliphatic heterocycles. The number of anilines is 1. The Morgan fingerprint density at radius 1 is 1.07 bits per heavy atom. The number of carbonyl (C=O) groups is 1. The summed E-state index contributed by atoms with van der Waals surface area (Å²) < 4.78 is 0. The number of carbonyl (C=O) groups excluding carboxylic acids is 1. The summed E-state index contributed by atoms with van der Waals surface area (Å²) in [5, 5.41) is 9.83. The molecule has 0 spiro atoms. The molecule has 0 aliphatic carbocycles. The van der Waals surface area contributed by atoms with Crippen molar-refractivity contribution in [2.24, 2.45) is 0 Å². The number of pyridine rings is 1. The van der Waals surface area contributed by atoms with Crippen LogP contribution in [-0.2, 0) is 11.2 Å². The molecule has 0 saturated heterocycles. The monoisotopic (exact) mass is 361 g/mol. The molecule has 9 heteroatoms. The molecule has 1 aromatic carbocycles. The van der Waals surface area contributed by atoms with E-state index in [1.165, 1.54) is 0 Å². The van der Waals surface area contributed by atoms with Gasteiger partial charge in [0.25, 0.3) is 5.56 Å². The number of benzene rings is 1. The molecule has 0 saturated carbocycles. The zero-order valence-electron chi connectivity index (χ0n) is 14.1. The largest absolute Gasteiger partial charge is 0.310 e. The molecule has 4 rings (SSSR count). The van der Waals surface area contributed by atoms with Crippen molar-refractivity contribution in [1.29, 1.82) is 0 Å². The van der Waals surface area contributed by atoms with Crippen molar-refractivity contribution in [2.45, 2.75) is 12.8 Å². The van der Waals surface area contributed by atoms with E-state index in [1.54, 1.807) is 36.5 Å². The van der Waals surface area contributed by atoms with Gasteiger partial charge in [-0.1, -0.05) is 18.2 Å². The van der Waals surface area contributed by atoms with Crippen LogP contribution in [-0.4, -0.2) is 36.0 Å². The second-order valence-electron chi connectivity index (χ2n) is 5.80. The molecule has 3 heterocycles. The van der Waals surface area contributed by atoms with Crippen LogP contribution >= 0.6 is 0 Å². The van der Waals surface area contributed by atoms with Gasteiger partial charge in [0.05, 0.1) is 10.9 Å². The summed E-state index contributed by atoms with van der Waals surface area (Å²) in [7, 11) is 0. The Balaban J connectivity index is 1.40. The van der Waals surface area contributed by atoms with Crippen molar-refractivity contribution >= 4 is 22.8 Å². The molecule has 0 bridgehead atoms. The van der Waals surface area contributed by atoms with Crippen molar-refractivity contribution in [1.82, 2.24) is 30.1 Å². The van der Waals surface area contributed by atoms with Crippen LogP contribution in [0.3, 0.4) is 0 Å². The Morgan fingerprint density at radius 3 is 2.78 bits per heavy atom. The second kappa shape index (κ2) is 7.16. The third kappa shape index (κ3) is 3.71. The highest BCUT2D eigenvalue weighted by Crippen LogP contribution is 2.12. The number of nitrogens with zero attached hydrogens (tertiary/aromatic N) is 4. The van der Waals surface area contributed by atoms with Crippen molar-refractivity contribution in [3.8, 4) is 11.5 Å². The van der Waals surface area contributed by atoms with Crippen molar-refractivity contribution in [3.05, 3.63) is 64.8 Å². The normalized spacial score (nSPS) is 10.8. The highest BCUT2D eigenvalue weighted by Gasteiger charge is 2.11. The molecule has 0 unspecified atom stereocenters. The van der Waals surface area contributed by atoms with E-state index in [2.05, 4.69) is 35.5 Å². The average Bonchev–Trinajstić information content (AvgIpc) is 3.16. The average molecular weight is 361 g/mol. The van der Waals surface area contributed by atoms with Gasteiger partial charge < -0.3 is 4.98 Å². The topological polar surface area (TPSA) is 129 Å². The van der Waals surface area contributed by atoms with Gasteiger partial charge in [-0.2, -0.15) is 4.98 Å². The molecule has 0 fully saturated rings. The van der Waals surface area contributed by atoms with Gasteiger partial charge in [-0.15, -0.1) is 5.10 Å². The third-order valence-electron chi connectivity index (χ3n) is 3.89. The zero-order valence-corrected chi connectivity index (χ0v) is 14.1. The van der Waals surface area contributed by atoms with Crippen LogP contribution in [0.15, 0.2) is 53.5 Å². The quantitative estimate of drug-likeness (QED) is 0.496. The lowest BCUT2D eigenvalue weighted by atomic mass is 10.2. The van der Waals surface area contributed by atoms with Crippen molar-refractivity contribution in [3.63, 3.8) is 0 Å². The first-order chi connectivity index (χ1) is 13.2. The van der Waals surface area contributed by atoms with Crippen LogP contribution < -0.4 is 10.9 Å². The summed E-state index contributed by atoms with van der Waals surface area (Å²) in [5.74, 6) is 0.808. The van der Waals surface area contributed by atoms with Crippen LogP contribution in [0, 0.1) is 0 Å². The Morgan fingerprint density at radius 2 is 1.93 bits per heavy atom. The Bertz CT molecular complexity index is 1150. The van der Waals surface area contributed by atoms with Gasteiger partial charge in [-0.3, -0.25) is 25.0 Å². The van der Waals surface area contributed by atoms with E-state index >= 15 is 0 Å². The lowest BCUT2D eigenvalue weighted by Crippen LogP contribution is -2.16. The van der Waals surface area contributed by atoms with Crippen molar-refractivity contribution < 1.29 is 4.79 Å². The van der Waals surface area contributed by atoms with Gasteiger partial charge in [-0.05, 0) is 24.3 Å². The van der Waals surface area contributed by atoms with Crippen LogP contribution in [0.1, 0.15) is 12.2 Å². The molecule has 134 valence electrons. The molecular formula is C18H15N7O2. The van der Waals surface area contributed by atoms with Crippen LogP contribution in [0.5, 0.6) is 0 Å². The number of amides is 1. The summed E-state index contributed by atoms with van der Waals surface area (Å²) in [6, 6.07) is 12.5. The smallest absolute Gasteiger partial charge is 0.258 e. The van der Waals surface area contributed by atoms with E-state index in [1.807, 2.05) is 12.1 Å². The molecule has 1 amide bonds. The summed E-state index contributed by atoms with van der Waals surface area (Å²) >= 11 is 0. The predicted molar refractivity (Wildman–Crippen MR) is 98.9 cm³/mol. The van der Waals surface area contributed by atoms with E-state index in [-0.39, 0.29) is 23.8 Å². The Hall–Kier alpha value is -3.88. The number of para-hydroxylation sites is 1. The number of rotatable bonds is 5. The fraction of sp³-hybridized carbons (Fsp3) is 0.111. The van der Waals surface area contributed by atoms with E-state index in [9.17, 15) is 9.59 Å². The minimum Gasteiger partial charge on any atom is -0.310 e. The summed E-state index contributed by atoms with van der Waals surface area (Å²) in [6.07, 6.45) is 2.08. The molecule has 3 N–H and O–H groups in total. The number of aromatic nitrogens is 6. The minimum absolute atomic E-state index is 0.134. The van der Waals surface area contributed by atoms with Gasteiger partial charge in [0, 0.05) is 19.0 Å². The van der Waals surface area contributed by atoms with Gasteiger partial charge in [0.1, 0.15) is 11.5 Å². The Labute approximate surface area is 152 Å². The highest BCUT2D eigenvalue weighted by atomic mass is 16.1. The van der Waals surface area contributed by atoms with Crippen LogP contribution in [0.4, 0.5) is 5.95 Å². The maximum atomic E-state index is 12.1. The number of fused-ring (bicyclic) bond motifs is 1. The van der Waals surface area contributed by atoms with E-state index in [0.29, 0.717) is 34.7 Å². The molecule has 3 aromatic heterocycles. The number of hydrogen-bond acceptors (Lipinski definition) is 6. The maximum Gasteiger partial charge on any atom is 0.258 e. The van der Waals surface area contributed by atoms with Crippen LogP contribution in [0.2, 0.25) is 0 Å². The summed E-state index contributed by atoms with van der Waals surface area (Å²) in [6.45, 7) is 0. The molecule has 27 heavy (non-hydrogen) atoms. The number of aryl methyl sites for hydroxylation is 1. The lowest BCUT2D eigenvalue weighted by Gasteiger charge is -2.03. The standard InChI is InChI=1S/C18H15N7O2/c26-15(22-18-23-16(24-25-18)13-7-3-4-10-19-13)9-8-14-20-12-6-2-1-5-11(12)17(27)21-14/h1-7,10H,8-9H2,(H,20,21,27)(H2,22,23,24,25,26). The zero-order chi connectivity index (χ0) is 18.6. The minimum atomic E-state index is -0.280. The molecule has 0 radical (unpaired) electrons. The number of H-pyrrole nitrogens is 2. The molecule has 4 aromatic rings. The second-order valence-corrected chi connectivity index (χ2v) is 5.80. The maximum absolute atomic E-state index is 12.1. The number of hydrogen-bond donors (Lipinski definition) is 3. The Kier molecular flexibility index (Phi) is 4.40. The van der Waals surface area contributed by atoms with Gasteiger partial charge >= 0.3 is 0 Å². The van der Waals surface area contributed by atoms with Gasteiger partial charge in [0.2, 0.25) is 11.9 Å². The lowest BCUT2D eigenvalue weighted by molar-refractivity contribution is -0.116. The van der Waals surface area contributed by atoms with Gasteiger partial charge in [-0.25, -0.2) is 4.98 Å². The fourth-order valence-electron chi connectivity index (χ4n) is 2.61. The van der Waals surface area contributed by atoms with Gasteiger partial charge in [0.15, 0.2) is 5.82 Å². The predicted octanol–water partition coefficient (Wildman–Crippen LogP) is 1.67. The van der Waals surface area contributed by atoms with Crippen LogP contribution in [0.25, 0.3) is 22.4 Å². The summed E-state index contributed by atoms with van der Waals surface area (Å²) in [5.41, 5.74) is 1.01. The van der Waals surface area contributed by atoms with E-state index in [4.69, 9.17) is 0 Å². The SMILES string of the molecule is O=C(CCc1nc2ccccc2c(=O)[nH]1)Nc1n[nH]c(-c2ccccn2)n1. The number of aromatic amines is 2. The highest BCUT2D eigenvalue weighted by molar-refractivity contribution is 5.89. The summed E-state index contributed by atoms with van der Waals surface area (Å²) in [4.78, 5) is 39.6. The molecule has 0 aliphatic rings. The molecule has 0 atom stereocenters. The fourth-order valence-corrected chi connectivity index (χ4v) is 2.61. The first-order valence-corrected chi connectivity index (χ1v) is 8.30. The molecule has 9 nitrogen and oxygen atoms in total.